The standard InChI is InChI=1S/C24H25F3N2O5S/c1-14-20(22(30)33-10-9-31-2)21(29-23(35)28-14)16-7-8-18(19(12-16)32-3)34-13-15-5-4-6-17(11-15)24(25,26)27/h4-8,11-12,21H,9-10,13H2,1-3H3,(H2,28,29,35). The van der Waals surface area contributed by atoms with Crippen molar-refractivity contribution in [3.8, 4) is 11.5 Å². The Morgan fingerprint density at radius 2 is 1.86 bits per heavy atom. The third kappa shape index (κ3) is 6.64. The van der Waals surface area contributed by atoms with Gasteiger partial charge in [-0.05, 0) is 54.5 Å². The number of benzene rings is 2. The topological polar surface area (TPSA) is 78.1 Å². The molecule has 7 nitrogen and oxygen atoms in total. The molecule has 0 spiro atoms. The van der Waals surface area contributed by atoms with Gasteiger partial charge in [0.25, 0.3) is 0 Å². The highest BCUT2D eigenvalue weighted by Crippen LogP contribution is 2.35. The molecule has 188 valence electrons. The Kier molecular flexibility index (Phi) is 8.57. The predicted molar refractivity (Wildman–Crippen MR) is 126 cm³/mol. The second-order valence-electron chi connectivity index (χ2n) is 7.60. The Morgan fingerprint density at radius 1 is 1.09 bits per heavy atom. The first-order valence-electron chi connectivity index (χ1n) is 10.5. The highest BCUT2D eigenvalue weighted by atomic mass is 32.1. The number of methoxy groups -OCH3 is 2. The Balaban J connectivity index is 1.83. The summed E-state index contributed by atoms with van der Waals surface area (Å²) < 4.78 is 60.3. The molecule has 0 aromatic heterocycles. The number of halogens is 3. The number of ether oxygens (including phenoxy) is 4. The lowest BCUT2D eigenvalue weighted by Gasteiger charge is -2.30. The van der Waals surface area contributed by atoms with Crippen molar-refractivity contribution >= 4 is 23.3 Å². The molecule has 0 saturated heterocycles. The van der Waals surface area contributed by atoms with Crippen molar-refractivity contribution in [3.63, 3.8) is 0 Å². The van der Waals surface area contributed by atoms with Gasteiger partial charge in [0.1, 0.15) is 13.2 Å². The zero-order chi connectivity index (χ0) is 25.6. The molecule has 11 heteroatoms. The monoisotopic (exact) mass is 510 g/mol. The van der Waals surface area contributed by atoms with Crippen LogP contribution >= 0.6 is 12.2 Å². The van der Waals surface area contributed by atoms with Crippen LogP contribution in [0.15, 0.2) is 53.7 Å². The van der Waals surface area contributed by atoms with E-state index in [1.165, 1.54) is 20.3 Å². The van der Waals surface area contributed by atoms with E-state index in [0.29, 0.717) is 39.0 Å². The quantitative estimate of drug-likeness (QED) is 0.294. The van der Waals surface area contributed by atoms with Crippen molar-refractivity contribution in [2.24, 2.45) is 0 Å². The molecule has 0 fully saturated rings. The van der Waals surface area contributed by atoms with Crippen LogP contribution < -0.4 is 20.1 Å². The number of rotatable bonds is 9. The Morgan fingerprint density at radius 3 is 2.54 bits per heavy atom. The summed E-state index contributed by atoms with van der Waals surface area (Å²) in [5, 5.41) is 6.32. The SMILES string of the molecule is COCCOC(=O)C1=C(C)NC(=S)NC1c1ccc(OCc2cccc(C(F)(F)F)c2)c(OC)c1. The molecule has 2 aromatic rings. The minimum atomic E-state index is -4.44. The van der Waals surface area contributed by atoms with E-state index in [4.69, 9.17) is 31.2 Å². The summed E-state index contributed by atoms with van der Waals surface area (Å²) in [6.45, 7) is 1.98. The van der Waals surface area contributed by atoms with Gasteiger partial charge in [-0.2, -0.15) is 13.2 Å². The summed E-state index contributed by atoms with van der Waals surface area (Å²) in [4.78, 5) is 12.8. The first-order chi connectivity index (χ1) is 16.6. The number of allylic oxidation sites excluding steroid dienone is 1. The van der Waals surface area contributed by atoms with E-state index in [1.807, 2.05) is 0 Å². The number of esters is 1. The maximum Gasteiger partial charge on any atom is 0.416 e. The van der Waals surface area contributed by atoms with Gasteiger partial charge in [-0.1, -0.05) is 18.2 Å². The highest BCUT2D eigenvalue weighted by Gasteiger charge is 2.32. The second kappa shape index (κ2) is 11.4. The van der Waals surface area contributed by atoms with Crippen LogP contribution in [0.2, 0.25) is 0 Å². The molecule has 0 bridgehead atoms. The Labute approximate surface area is 206 Å². The number of thiocarbonyl (C=S) groups is 1. The molecule has 0 saturated carbocycles. The van der Waals surface area contributed by atoms with Crippen molar-refractivity contribution < 1.29 is 36.9 Å². The minimum Gasteiger partial charge on any atom is -0.493 e. The molecule has 1 aliphatic heterocycles. The van der Waals surface area contributed by atoms with Crippen LogP contribution in [-0.4, -0.2) is 38.5 Å². The maximum absolute atomic E-state index is 13.0. The molecule has 1 aliphatic rings. The summed E-state index contributed by atoms with van der Waals surface area (Å²) in [6.07, 6.45) is -4.44. The third-order valence-corrected chi connectivity index (χ3v) is 5.40. The van der Waals surface area contributed by atoms with E-state index in [1.54, 1.807) is 31.2 Å². The molecule has 0 amide bonds. The molecule has 0 aliphatic carbocycles. The van der Waals surface area contributed by atoms with E-state index in [9.17, 15) is 18.0 Å². The van der Waals surface area contributed by atoms with Crippen LogP contribution in [-0.2, 0) is 27.1 Å². The van der Waals surface area contributed by atoms with Crippen LogP contribution in [0, 0.1) is 0 Å². The lowest BCUT2D eigenvalue weighted by molar-refractivity contribution is -0.141. The van der Waals surface area contributed by atoms with Gasteiger partial charge in [0.05, 0.1) is 30.9 Å². The number of carbonyl (C=O) groups excluding carboxylic acids is 1. The zero-order valence-corrected chi connectivity index (χ0v) is 20.1. The first-order valence-corrected chi connectivity index (χ1v) is 11.0. The summed E-state index contributed by atoms with van der Waals surface area (Å²) in [5.74, 6) is 0.136. The fourth-order valence-corrected chi connectivity index (χ4v) is 3.76. The van der Waals surface area contributed by atoms with Gasteiger partial charge >= 0.3 is 12.1 Å². The Hall–Kier alpha value is -3.31. The number of hydrogen-bond donors (Lipinski definition) is 2. The molecule has 2 aromatic carbocycles. The lowest BCUT2D eigenvalue weighted by Crippen LogP contribution is -2.45. The van der Waals surface area contributed by atoms with Crippen LogP contribution in [0.25, 0.3) is 0 Å². The average molecular weight is 511 g/mol. The van der Waals surface area contributed by atoms with Crippen molar-refractivity contribution in [3.05, 3.63) is 70.4 Å². The molecule has 1 atom stereocenters. The number of carbonyl (C=O) groups is 1. The molecule has 3 rings (SSSR count). The van der Waals surface area contributed by atoms with E-state index >= 15 is 0 Å². The van der Waals surface area contributed by atoms with Crippen LogP contribution in [0.1, 0.15) is 29.7 Å². The largest absolute Gasteiger partial charge is 0.493 e. The van der Waals surface area contributed by atoms with Crippen molar-refractivity contribution in [1.82, 2.24) is 10.6 Å². The van der Waals surface area contributed by atoms with Crippen molar-refractivity contribution in [1.29, 1.82) is 0 Å². The van der Waals surface area contributed by atoms with Crippen molar-refractivity contribution in [2.45, 2.75) is 25.7 Å². The van der Waals surface area contributed by atoms with Gasteiger partial charge in [0.2, 0.25) is 0 Å². The van der Waals surface area contributed by atoms with Gasteiger partial charge in [0, 0.05) is 12.8 Å². The van der Waals surface area contributed by atoms with Gasteiger partial charge in [0.15, 0.2) is 16.6 Å². The molecular formula is C24H25F3N2O5S. The van der Waals surface area contributed by atoms with E-state index in [0.717, 1.165) is 12.1 Å². The zero-order valence-electron chi connectivity index (χ0n) is 19.3. The maximum atomic E-state index is 13.0. The predicted octanol–water partition coefficient (Wildman–Crippen LogP) is 4.28. The average Bonchev–Trinajstić information content (AvgIpc) is 2.81. The van der Waals surface area contributed by atoms with Gasteiger partial charge in [-0.15, -0.1) is 0 Å². The fraction of sp³-hybridized carbons (Fsp3) is 0.333. The Bertz CT molecular complexity index is 1120. The highest BCUT2D eigenvalue weighted by molar-refractivity contribution is 7.80. The van der Waals surface area contributed by atoms with Crippen molar-refractivity contribution in [2.75, 3.05) is 27.4 Å². The molecule has 2 N–H and O–H groups in total. The molecular weight excluding hydrogens is 485 g/mol. The number of hydrogen-bond acceptors (Lipinski definition) is 6. The number of alkyl halides is 3. The van der Waals surface area contributed by atoms with Gasteiger partial charge in [-0.25, -0.2) is 4.79 Å². The molecule has 1 unspecified atom stereocenters. The summed E-state index contributed by atoms with van der Waals surface area (Å²) >= 11 is 5.26. The first kappa shape index (κ1) is 26.3. The number of nitrogens with one attached hydrogen (secondary N) is 2. The van der Waals surface area contributed by atoms with Gasteiger partial charge < -0.3 is 29.6 Å². The van der Waals surface area contributed by atoms with Crippen LogP contribution in [0.4, 0.5) is 13.2 Å². The normalized spacial score (nSPS) is 15.8. The van der Waals surface area contributed by atoms with E-state index in [-0.39, 0.29) is 19.8 Å². The van der Waals surface area contributed by atoms with E-state index in [2.05, 4.69) is 10.6 Å². The van der Waals surface area contributed by atoms with E-state index < -0.39 is 23.8 Å². The van der Waals surface area contributed by atoms with Gasteiger partial charge in [-0.3, -0.25) is 0 Å². The summed E-state index contributed by atoms with van der Waals surface area (Å²) in [7, 11) is 2.95. The summed E-state index contributed by atoms with van der Waals surface area (Å²) in [5.41, 5.74) is 1.14. The molecule has 1 heterocycles. The summed E-state index contributed by atoms with van der Waals surface area (Å²) in [6, 6.07) is 9.30. The lowest BCUT2D eigenvalue weighted by atomic mass is 9.95. The molecule has 35 heavy (non-hydrogen) atoms. The smallest absolute Gasteiger partial charge is 0.416 e. The van der Waals surface area contributed by atoms with Crippen LogP contribution in [0.3, 0.4) is 0 Å². The second-order valence-corrected chi connectivity index (χ2v) is 8.00. The third-order valence-electron chi connectivity index (χ3n) is 5.18. The van der Waals surface area contributed by atoms with Crippen LogP contribution in [0.5, 0.6) is 11.5 Å². The fourth-order valence-electron chi connectivity index (χ4n) is 3.49. The molecule has 0 radical (unpaired) electrons. The minimum absolute atomic E-state index is 0.0919.